The standard InChI is InChI=1S/C32H23N/c1-33-28-19-11-9-17-26(28)30-29(33)21-20-25-24-16-8-10-18-27(24)32(31(25)30,22-12-4-2-5-13-22)23-14-6-3-7-15-23/h2-21H,1H3. The Morgan fingerprint density at radius 1 is 0.515 bits per heavy atom. The summed E-state index contributed by atoms with van der Waals surface area (Å²) < 4.78 is 2.34. The van der Waals surface area contributed by atoms with Gasteiger partial charge in [-0.2, -0.15) is 0 Å². The number of hydrogen-bond acceptors (Lipinski definition) is 0. The number of fused-ring (bicyclic) bond motifs is 7. The van der Waals surface area contributed by atoms with E-state index >= 15 is 0 Å². The molecule has 0 N–H and O–H groups in total. The number of para-hydroxylation sites is 1. The molecule has 5 aromatic carbocycles. The SMILES string of the molecule is Cn1c2ccccc2c2c3c(ccc21)-c1ccccc1C3(c1ccccc1)c1ccccc1. The van der Waals surface area contributed by atoms with E-state index in [0.717, 1.165) is 0 Å². The van der Waals surface area contributed by atoms with E-state index in [1.165, 1.54) is 55.2 Å². The van der Waals surface area contributed by atoms with Gasteiger partial charge in [0.2, 0.25) is 0 Å². The maximum absolute atomic E-state index is 2.34. The lowest BCUT2D eigenvalue weighted by atomic mass is 9.67. The molecule has 6 aromatic rings. The average molecular weight is 422 g/mol. The van der Waals surface area contributed by atoms with Gasteiger partial charge in [-0.1, -0.05) is 109 Å². The minimum atomic E-state index is -0.377. The van der Waals surface area contributed by atoms with Crippen LogP contribution >= 0.6 is 0 Å². The molecule has 0 saturated carbocycles. The van der Waals surface area contributed by atoms with E-state index in [4.69, 9.17) is 0 Å². The van der Waals surface area contributed by atoms with Crippen LogP contribution in [0.25, 0.3) is 32.9 Å². The molecular formula is C32H23N. The fraction of sp³-hybridized carbons (Fsp3) is 0.0625. The molecule has 0 unspecified atom stereocenters. The van der Waals surface area contributed by atoms with E-state index in [0.29, 0.717) is 0 Å². The maximum Gasteiger partial charge on any atom is 0.0720 e. The van der Waals surface area contributed by atoms with Gasteiger partial charge in [-0.15, -0.1) is 0 Å². The van der Waals surface area contributed by atoms with Crippen molar-refractivity contribution in [3.63, 3.8) is 0 Å². The highest BCUT2D eigenvalue weighted by Gasteiger charge is 2.47. The Kier molecular flexibility index (Phi) is 3.75. The molecule has 0 amide bonds. The quantitative estimate of drug-likeness (QED) is 0.270. The van der Waals surface area contributed by atoms with Gasteiger partial charge < -0.3 is 4.57 Å². The molecule has 1 heteroatoms. The Hall–Kier alpha value is -4.10. The number of nitrogens with zero attached hydrogens (tertiary/aromatic N) is 1. The van der Waals surface area contributed by atoms with Crippen LogP contribution in [0.4, 0.5) is 0 Å². The Balaban J connectivity index is 1.79. The van der Waals surface area contributed by atoms with E-state index in [1.807, 2.05) is 0 Å². The third-order valence-electron chi connectivity index (χ3n) is 7.49. The van der Waals surface area contributed by atoms with Crippen LogP contribution in [0.15, 0.2) is 121 Å². The molecule has 1 nitrogen and oxygen atoms in total. The summed E-state index contributed by atoms with van der Waals surface area (Å²) in [6.07, 6.45) is 0. The first-order valence-corrected chi connectivity index (χ1v) is 11.5. The van der Waals surface area contributed by atoms with Gasteiger partial charge in [-0.05, 0) is 45.5 Å². The largest absolute Gasteiger partial charge is 0.344 e. The van der Waals surface area contributed by atoms with Gasteiger partial charge in [0.05, 0.1) is 5.41 Å². The summed E-state index contributed by atoms with van der Waals surface area (Å²) in [5.41, 5.74) is 10.2. The van der Waals surface area contributed by atoms with Crippen molar-refractivity contribution in [3.8, 4) is 11.1 Å². The van der Waals surface area contributed by atoms with E-state index in [1.54, 1.807) is 0 Å². The molecule has 0 bridgehead atoms. The second kappa shape index (κ2) is 6.70. The number of rotatable bonds is 2. The monoisotopic (exact) mass is 421 g/mol. The summed E-state index contributed by atoms with van der Waals surface area (Å²) in [7, 11) is 2.19. The molecule has 7 rings (SSSR count). The van der Waals surface area contributed by atoms with E-state index in [-0.39, 0.29) is 5.41 Å². The van der Waals surface area contributed by atoms with Crippen molar-refractivity contribution in [1.82, 2.24) is 4.57 Å². The van der Waals surface area contributed by atoms with Crippen LogP contribution in [-0.2, 0) is 12.5 Å². The van der Waals surface area contributed by atoms with Crippen molar-refractivity contribution >= 4 is 21.8 Å². The molecule has 1 aliphatic carbocycles. The highest BCUT2D eigenvalue weighted by molar-refractivity contribution is 6.14. The minimum Gasteiger partial charge on any atom is -0.344 e. The molecule has 0 radical (unpaired) electrons. The number of benzene rings is 5. The third-order valence-corrected chi connectivity index (χ3v) is 7.49. The van der Waals surface area contributed by atoms with Gasteiger partial charge in [0.15, 0.2) is 0 Å². The van der Waals surface area contributed by atoms with E-state index < -0.39 is 0 Å². The number of hydrogen-bond donors (Lipinski definition) is 0. The lowest BCUT2D eigenvalue weighted by Crippen LogP contribution is -2.28. The van der Waals surface area contributed by atoms with Gasteiger partial charge in [-0.25, -0.2) is 0 Å². The van der Waals surface area contributed by atoms with E-state index in [2.05, 4.69) is 133 Å². The topological polar surface area (TPSA) is 4.93 Å². The van der Waals surface area contributed by atoms with Crippen LogP contribution in [0.3, 0.4) is 0 Å². The zero-order valence-electron chi connectivity index (χ0n) is 18.5. The summed E-state index contributed by atoms with van der Waals surface area (Å²) in [6.45, 7) is 0. The lowest BCUT2D eigenvalue weighted by molar-refractivity contribution is 0.775. The fourth-order valence-electron chi connectivity index (χ4n) is 6.19. The lowest BCUT2D eigenvalue weighted by Gasteiger charge is -2.34. The molecule has 0 fully saturated rings. The second-order valence-electron chi connectivity index (χ2n) is 8.99. The van der Waals surface area contributed by atoms with Gasteiger partial charge in [-0.3, -0.25) is 0 Å². The van der Waals surface area contributed by atoms with Gasteiger partial charge >= 0.3 is 0 Å². The van der Waals surface area contributed by atoms with Crippen LogP contribution < -0.4 is 0 Å². The van der Waals surface area contributed by atoms with Crippen LogP contribution in [-0.4, -0.2) is 4.57 Å². The summed E-state index contributed by atoms with van der Waals surface area (Å²) in [5.74, 6) is 0. The first-order chi connectivity index (χ1) is 16.3. The zero-order valence-corrected chi connectivity index (χ0v) is 18.5. The molecule has 1 aliphatic rings. The summed E-state index contributed by atoms with van der Waals surface area (Å²) >= 11 is 0. The Labute approximate surface area is 193 Å². The summed E-state index contributed by atoms with van der Waals surface area (Å²) in [6, 6.07) is 44.5. The first kappa shape index (κ1) is 18.5. The minimum absolute atomic E-state index is 0.377. The predicted octanol–water partition coefficient (Wildman–Crippen LogP) is 7.69. The van der Waals surface area contributed by atoms with Crippen LogP contribution in [0.2, 0.25) is 0 Å². The smallest absolute Gasteiger partial charge is 0.0720 e. The number of aromatic nitrogens is 1. The van der Waals surface area contributed by atoms with Crippen molar-refractivity contribution in [1.29, 1.82) is 0 Å². The predicted molar refractivity (Wildman–Crippen MR) is 138 cm³/mol. The Morgan fingerprint density at radius 2 is 1.12 bits per heavy atom. The highest BCUT2D eigenvalue weighted by atomic mass is 14.9. The molecule has 0 spiro atoms. The van der Waals surface area contributed by atoms with Crippen molar-refractivity contribution in [2.75, 3.05) is 0 Å². The van der Waals surface area contributed by atoms with Crippen LogP contribution in [0.1, 0.15) is 22.3 Å². The van der Waals surface area contributed by atoms with Crippen molar-refractivity contribution in [2.24, 2.45) is 7.05 Å². The molecule has 1 heterocycles. The van der Waals surface area contributed by atoms with Crippen LogP contribution in [0.5, 0.6) is 0 Å². The van der Waals surface area contributed by atoms with Gasteiger partial charge in [0.25, 0.3) is 0 Å². The van der Waals surface area contributed by atoms with Crippen LogP contribution in [0, 0.1) is 0 Å². The molecular weight excluding hydrogens is 398 g/mol. The zero-order chi connectivity index (χ0) is 22.0. The highest BCUT2D eigenvalue weighted by Crippen LogP contribution is 2.58. The summed E-state index contributed by atoms with van der Waals surface area (Å²) in [5, 5.41) is 2.67. The Morgan fingerprint density at radius 3 is 1.85 bits per heavy atom. The molecule has 0 saturated heterocycles. The Bertz CT molecular complexity index is 1620. The maximum atomic E-state index is 2.34. The molecule has 0 aliphatic heterocycles. The molecule has 0 atom stereocenters. The number of aryl methyl sites for hydroxylation is 1. The normalized spacial score (nSPS) is 13.8. The fourth-order valence-corrected chi connectivity index (χ4v) is 6.19. The molecule has 1 aromatic heterocycles. The van der Waals surface area contributed by atoms with Crippen molar-refractivity contribution in [3.05, 3.63) is 144 Å². The van der Waals surface area contributed by atoms with E-state index in [9.17, 15) is 0 Å². The van der Waals surface area contributed by atoms with Gasteiger partial charge in [0, 0.05) is 28.9 Å². The average Bonchev–Trinajstić information content (AvgIpc) is 3.36. The molecule has 156 valence electrons. The molecule has 33 heavy (non-hydrogen) atoms. The van der Waals surface area contributed by atoms with Crippen molar-refractivity contribution in [2.45, 2.75) is 5.41 Å². The third kappa shape index (κ3) is 2.27. The summed E-state index contributed by atoms with van der Waals surface area (Å²) in [4.78, 5) is 0. The van der Waals surface area contributed by atoms with Crippen molar-refractivity contribution < 1.29 is 0 Å². The first-order valence-electron chi connectivity index (χ1n) is 11.5. The van der Waals surface area contributed by atoms with Gasteiger partial charge in [0.1, 0.15) is 0 Å². The second-order valence-corrected chi connectivity index (χ2v) is 8.99.